The number of halogens is 3. The van der Waals surface area contributed by atoms with Crippen molar-refractivity contribution in [3.8, 4) is 0 Å². The van der Waals surface area contributed by atoms with Crippen LogP contribution in [0.1, 0.15) is 0 Å². The molecule has 1 amide bonds. The summed E-state index contributed by atoms with van der Waals surface area (Å²) >= 11 is 12.5. The largest absolute Gasteiger partial charge is 0.382 e. The predicted octanol–water partition coefficient (Wildman–Crippen LogP) is 3.47. The monoisotopic (exact) mass is 399 g/mol. The molecule has 0 atom stereocenters. The Morgan fingerprint density at radius 1 is 1.33 bits per heavy atom. The second-order valence-electron chi connectivity index (χ2n) is 3.34. The first-order valence-corrected chi connectivity index (χ1v) is 7.02. The molecule has 100 valence electrons. The van der Waals surface area contributed by atoms with Gasteiger partial charge in [-0.1, -0.05) is 11.6 Å². The van der Waals surface area contributed by atoms with Gasteiger partial charge in [-0.05, 0) is 44.0 Å². The molecule has 0 saturated heterocycles. The van der Waals surface area contributed by atoms with E-state index < -0.39 is 0 Å². The minimum Gasteiger partial charge on any atom is -0.382 e. The quantitative estimate of drug-likeness (QED) is 0.743. The smallest absolute Gasteiger partial charge is 0.250 e. The minimum absolute atomic E-state index is 0.0229. The van der Waals surface area contributed by atoms with Gasteiger partial charge in [0.1, 0.15) is 6.61 Å². The number of carbonyl (C=O) groups is 1. The van der Waals surface area contributed by atoms with Gasteiger partial charge >= 0.3 is 0 Å². The summed E-state index contributed by atoms with van der Waals surface area (Å²) in [6.07, 6.45) is 0. The number of benzene rings is 1. The molecule has 4 nitrogen and oxygen atoms in total. The second kappa shape index (κ2) is 8.12. The Morgan fingerprint density at radius 2 is 1.94 bits per heavy atom. The molecule has 7 heteroatoms. The van der Waals surface area contributed by atoms with Gasteiger partial charge in [0, 0.05) is 21.1 Å². The SMILES string of the molecule is COCCOCC(=O)Nc1c(Br)cc(Cl)cc1Br. The predicted molar refractivity (Wildman–Crippen MR) is 78.2 cm³/mol. The topological polar surface area (TPSA) is 47.6 Å². The Balaban J connectivity index is 2.54. The van der Waals surface area contributed by atoms with E-state index in [-0.39, 0.29) is 12.5 Å². The maximum atomic E-state index is 11.6. The fourth-order valence-corrected chi connectivity index (χ4v) is 3.01. The molecule has 0 bridgehead atoms. The molecule has 1 N–H and O–H groups in total. The van der Waals surface area contributed by atoms with Crippen LogP contribution < -0.4 is 5.32 Å². The summed E-state index contributed by atoms with van der Waals surface area (Å²) in [6.45, 7) is 0.819. The van der Waals surface area contributed by atoms with E-state index in [9.17, 15) is 4.79 Å². The van der Waals surface area contributed by atoms with Gasteiger partial charge in [0.05, 0.1) is 18.9 Å². The lowest BCUT2D eigenvalue weighted by Gasteiger charge is -2.10. The van der Waals surface area contributed by atoms with Gasteiger partial charge in [0.15, 0.2) is 0 Å². The molecular weight excluding hydrogens is 389 g/mol. The summed E-state index contributed by atoms with van der Waals surface area (Å²) in [7, 11) is 1.57. The third-order valence-corrected chi connectivity index (χ3v) is 3.41. The fraction of sp³-hybridized carbons (Fsp3) is 0.364. The number of hydrogen-bond acceptors (Lipinski definition) is 3. The molecule has 0 radical (unpaired) electrons. The third-order valence-electron chi connectivity index (χ3n) is 1.94. The number of amides is 1. The van der Waals surface area contributed by atoms with Gasteiger partial charge in [0.2, 0.25) is 5.91 Å². The van der Waals surface area contributed by atoms with Crippen molar-refractivity contribution in [2.75, 3.05) is 32.2 Å². The highest BCUT2D eigenvalue weighted by Crippen LogP contribution is 2.34. The normalized spacial score (nSPS) is 10.4. The number of anilines is 1. The fourth-order valence-electron chi connectivity index (χ4n) is 1.14. The number of ether oxygens (including phenoxy) is 2. The van der Waals surface area contributed by atoms with Crippen LogP contribution in [0.15, 0.2) is 21.1 Å². The highest BCUT2D eigenvalue weighted by atomic mass is 79.9. The zero-order chi connectivity index (χ0) is 13.5. The first-order valence-electron chi connectivity index (χ1n) is 5.05. The molecule has 0 saturated carbocycles. The summed E-state index contributed by atoms with van der Waals surface area (Å²) in [5, 5.41) is 3.30. The van der Waals surface area contributed by atoms with E-state index in [0.717, 1.165) is 0 Å². The molecule has 1 aromatic carbocycles. The maximum Gasteiger partial charge on any atom is 0.250 e. The summed E-state index contributed by atoms with van der Waals surface area (Å²) in [4.78, 5) is 11.6. The molecule has 0 unspecified atom stereocenters. The van der Waals surface area contributed by atoms with Crippen LogP contribution in [0.25, 0.3) is 0 Å². The van der Waals surface area contributed by atoms with Crippen LogP contribution in [0.3, 0.4) is 0 Å². The van der Waals surface area contributed by atoms with Gasteiger partial charge in [-0.15, -0.1) is 0 Å². The Morgan fingerprint density at radius 3 is 2.50 bits per heavy atom. The minimum atomic E-state index is -0.241. The standard InChI is InChI=1S/C11H12Br2ClNO3/c1-17-2-3-18-6-10(16)15-11-8(12)4-7(14)5-9(11)13/h4-5H,2-3,6H2,1H3,(H,15,16). The zero-order valence-electron chi connectivity index (χ0n) is 9.63. The van der Waals surface area contributed by atoms with Crippen LogP contribution in [0, 0.1) is 0 Å². The van der Waals surface area contributed by atoms with Crippen molar-refractivity contribution in [2.45, 2.75) is 0 Å². The van der Waals surface area contributed by atoms with Crippen molar-refractivity contribution in [1.29, 1.82) is 0 Å². The summed E-state index contributed by atoms with van der Waals surface area (Å²) < 4.78 is 11.3. The number of hydrogen-bond donors (Lipinski definition) is 1. The van der Waals surface area contributed by atoms with Crippen molar-refractivity contribution in [1.82, 2.24) is 0 Å². The van der Waals surface area contributed by atoms with E-state index in [1.165, 1.54) is 0 Å². The average Bonchev–Trinajstić information content (AvgIpc) is 2.29. The van der Waals surface area contributed by atoms with E-state index in [0.29, 0.717) is 32.9 Å². The molecular formula is C11H12Br2ClNO3. The van der Waals surface area contributed by atoms with Crippen LogP contribution in [-0.4, -0.2) is 32.8 Å². The van der Waals surface area contributed by atoms with Crippen molar-refractivity contribution < 1.29 is 14.3 Å². The van der Waals surface area contributed by atoms with Crippen LogP contribution >= 0.6 is 43.5 Å². The number of nitrogens with one attached hydrogen (secondary N) is 1. The molecule has 0 spiro atoms. The van der Waals surface area contributed by atoms with E-state index in [1.54, 1.807) is 19.2 Å². The van der Waals surface area contributed by atoms with Gasteiger partial charge in [-0.2, -0.15) is 0 Å². The lowest BCUT2D eigenvalue weighted by atomic mass is 10.3. The Bertz CT molecular complexity index is 406. The Hall–Kier alpha value is -0.140. The highest BCUT2D eigenvalue weighted by molar-refractivity contribution is 9.11. The molecule has 0 aliphatic carbocycles. The number of carbonyl (C=O) groups excluding carboxylic acids is 1. The molecule has 0 heterocycles. The highest BCUT2D eigenvalue weighted by Gasteiger charge is 2.10. The van der Waals surface area contributed by atoms with E-state index >= 15 is 0 Å². The molecule has 0 aliphatic heterocycles. The molecule has 0 fully saturated rings. The maximum absolute atomic E-state index is 11.6. The Labute approximate surface area is 127 Å². The van der Waals surface area contributed by atoms with Gasteiger partial charge in [-0.25, -0.2) is 0 Å². The van der Waals surface area contributed by atoms with E-state index in [1.807, 2.05) is 0 Å². The molecule has 0 aliphatic rings. The van der Waals surface area contributed by atoms with Gasteiger partial charge in [0.25, 0.3) is 0 Å². The lowest BCUT2D eigenvalue weighted by Crippen LogP contribution is -2.20. The molecule has 0 aromatic heterocycles. The number of rotatable bonds is 6. The first-order chi connectivity index (χ1) is 8.54. The summed E-state index contributed by atoms with van der Waals surface area (Å²) in [6, 6.07) is 3.40. The first kappa shape index (κ1) is 15.9. The van der Waals surface area contributed by atoms with Crippen LogP contribution in [0.2, 0.25) is 5.02 Å². The number of methoxy groups -OCH3 is 1. The Kier molecular flexibility index (Phi) is 7.18. The van der Waals surface area contributed by atoms with Crippen molar-refractivity contribution >= 4 is 55.1 Å². The lowest BCUT2D eigenvalue weighted by molar-refractivity contribution is -0.121. The summed E-state index contributed by atoms with van der Waals surface area (Å²) in [5.74, 6) is -0.241. The second-order valence-corrected chi connectivity index (χ2v) is 5.48. The van der Waals surface area contributed by atoms with E-state index in [2.05, 4.69) is 37.2 Å². The average molecular weight is 401 g/mol. The van der Waals surface area contributed by atoms with Crippen molar-refractivity contribution in [2.24, 2.45) is 0 Å². The summed E-state index contributed by atoms with van der Waals surface area (Å²) in [5.41, 5.74) is 0.625. The van der Waals surface area contributed by atoms with Crippen LogP contribution in [0.5, 0.6) is 0 Å². The van der Waals surface area contributed by atoms with Crippen molar-refractivity contribution in [3.05, 3.63) is 26.1 Å². The van der Waals surface area contributed by atoms with Crippen molar-refractivity contribution in [3.63, 3.8) is 0 Å². The van der Waals surface area contributed by atoms with Crippen LogP contribution in [-0.2, 0) is 14.3 Å². The third kappa shape index (κ3) is 5.24. The zero-order valence-corrected chi connectivity index (χ0v) is 13.6. The molecule has 1 rings (SSSR count). The van der Waals surface area contributed by atoms with Crippen LogP contribution in [0.4, 0.5) is 5.69 Å². The van der Waals surface area contributed by atoms with Gasteiger partial charge in [-0.3, -0.25) is 4.79 Å². The molecule has 1 aromatic rings. The van der Waals surface area contributed by atoms with E-state index in [4.69, 9.17) is 21.1 Å². The molecule has 18 heavy (non-hydrogen) atoms. The van der Waals surface area contributed by atoms with Gasteiger partial charge < -0.3 is 14.8 Å².